The van der Waals surface area contributed by atoms with Crippen molar-refractivity contribution in [1.29, 1.82) is 0 Å². The Kier molecular flexibility index (Phi) is 6.11. The van der Waals surface area contributed by atoms with Crippen molar-refractivity contribution >= 4 is 0 Å². The number of nitrogens with zero attached hydrogens (tertiary/aromatic N) is 1. The summed E-state index contributed by atoms with van der Waals surface area (Å²) in [6, 6.07) is 1.38. The van der Waals surface area contributed by atoms with Crippen molar-refractivity contribution in [2.75, 3.05) is 26.2 Å². The SMILES string of the molecule is CC(C)C1CN(CCCC2CCCO2)C(C)CCN1. The fourth-order valence-corrected chi connectivity index (χ4v) is 3.31. The van der Waals surface area contributed by atoms with Crippen LogP contribution < -0.4 is 5.32 Å². The molecule has 2 heterocycles. The minimum absolute atomic E-state index is 0.557. The number of hydrogen-bond donors (Lipinski definition) is 1. The minimum Gasteiger partial charge on any atom is -0.378 e. The lowest BCUT2D eigenvalue weighted by molar-refractivity contribution is 0.0956. The van der Waals surface area contributed by atoms with Crippen molar-refractivity contribution < 1.29 is 4.74 Å². The summed E-state index contributed by atoms with van der Waals surface area (Å²) in [4.78, 5) is 2.69. The molecule has 2 aliphatic heterocycles. The van der Waals surface area contributed by atoms with Crippen LogP contribution in [0, 0.1) is 5.92 Å². The highest BCUT2D eigenvalue weighted by atomic mass is 16.5. The molecule has 1 N–H and O–H groups in total. The summed E-state index contributed by atoms with van der Waals surface area (Å²) >= 11 is 0. The molecule has 2 fully saturated rings. The fourth-order valence-electron chi connectivity index (χ4n) is 3.31. The molecule has 0 radical (unpaired) electrons. The summed E-state index contributed by atoms with van der Waals surface area (Å²) in [5.74, 6) is 0.728. The molecular formula is C16H32N2O. The molecular weight excluding hydrogens is 236 g/mol. The van der Waals surface area contributed by atoms with Gasteiger partial charge in [-0.15, -0.1) is 0 Å². The third-order valence-electron chi connectivity index (χ3n) is 4.82. The van der Waals surface area contributed by atoms with Crippen LogP contribution in [0.4, 0.5) is 0 Å². The van der Waals surface area contributed by atoms with Crippen LogP contribution >= 0.6 is 0 Å². The average Bonchev–Trinajstić information content (AvgIpc) is 2.81. The normalized spacial score (nSPS) is 33.8. The summed E-state index contributed by atoms with van der Waals surface area (Å²) in [6.45, 7) is 11.7. The van der Waals surface area contributed by atoms with Gasteiger partial charge in [0.05, 0.1) is 6.10 Å². The van der Waals surface area contributed by atoms with Crippen LogP contribution in [0.15, 0.2) is 0 Å². The van der Waals surface area contributed by atoms with Crippen molar-refractivity contribution in [3.05, 3.63) is 0 Å². The molecule has 2 rings (SSSR count). The van der Waals surface area contributed by atoms with E-state index >= 15 is 0 Å². The van der Waals surface area contributed by atoms with Crippen molar-refractivity contribution in [3.8, 4) is 0 Å². The van der Waals surface area contributed by atoms with Gasteiger partial charge in [-0.05, 0) is 58.0 Å². The molecule has 0 amide bonds. The van der Waals surface area contributed by atoms with E-state index in [0.717, 1.165) is 18.6 Å². The van der Waals surface area contributed by atoms with Gasteiger partial charge in [0.2, 0.25) is 0 Å². The predicted octanol–water partition coefficient (Wildman–Crippen LogP) is 2.65. The second kappa shape index (κ2) is 7.61. The van der Waals surface area contributed by atoms with Gasteiger partial charge in [-0.25, -0.2) is 0 Å². The van der Waals surface area contributed by atoms with Crippen molar-refractivity contribution in [3.63, 3.8) is 0 Å². The van der Waals surface area contributed by atoms with Crippen LogP contribution in [0.1, 0.15) is 52.9 Å². The summed E-state index contributed by atoms with van der Waals surface area (Å²) < 4.78 is 5.72. The van der Waals surface area contributed by atoms with Crippen LogP contribution in [-0.4, -0.2) is 49.3 Å². The molecule has 2 aliphatic rings. The van der Waals surface area contributed by atoms with Crippen molar-refractivity contribution in [2.45, 2.75) is 71.1 Å². The zero-order valence-corrected chi connectivity index (χ0v) is 13.0. The Morgan fingerprint density at radius 1 is 1.32 bits per heavy atom. The standard InChI is InChI=1S/C16H32N2O/c1-13(2)16-12-18(14(3)8-9-17-16)10-4-6-15-7-5-11-19-15/h13-17H,4-12H2,1-3H3. The Morgan fingerprint density at radius 3 is 2.84 bits per heavy atom. The van der Waals surface area contributed by atoms with Gasteiger partial charge in [-0.1, -0.05) is 13.8 Å². The van der Waals surface area contributed by atoms with E-state index in [1.807, 2.05) is 0 Å². The van der Waals surface area contributed by atoms with E-state index in [1.165, 1.54) is 51.7 Å². The maximum atomic E-state index is 5.72. The van der Waals surface area contributed by atoms with Crippen LogP contribution in [0.25, 0.3) is 0 Å². The van der Waals surface area contributed by atoms with E-state index < -0.39 is 0 Å². The largest absolute Gasteiger partial charge is 0.378 e. The molecule has 0 aromatic rings. The summed E-state index contributed by atoms with van der Waals surface area (Å²) in [5, 5.41) is 3.71. The van der Waals surface area contributed by atoms with Gasteiger partial charge in [0.15, 0.2) is 0 Å². The van der Waals surface area contributed by atoms with Gasteiger partial charge in [0.1, 0.15) is 0 Å². The van der Waals surface area contributed by atoms with Crippen molar-refractivity contribution in [1.82, 2.24) is 10.2 Å². The number of ether oxygens (including phenoxy) is 1. The van der Waals surface area contributed by atoms with Crippen LogP contribution in [0.3, 0.4) is 0 Å². The van der Waals surface area contributed by atoms with Gasteiger partial charge in [-0.2, -0.15) is 0 Å². The Bertz CT molecular complexity index is 251. The highest BCUT2D eigenvalue weighted by molar-refractivity contribution is 4.83. The molecule has 0 bridgehead atoms. The van der Waals surface area contributed by atoms with Crippen molar-refractivity contribution in [2.24, 2.45) is 5.92 Å². The first-order valence-corrected chi connectivity index (χ1v) is 8.26. The summed E-state index contributed by atoms with van der Waals surface area (Å²) in [6.07, 6.45) is 6.93. The monoisotopic (exact) mass is 268 g/mol. The molecule has 3 nitrogen and oxygen atoms in total. The van der Waals surface area contributed by atoms with Gasteiger partial charge in [-0.3, -0.25) is 4.90 Å². The molecule has 19 heavy (non-hydrogen) atoms. The molecule has 2 saturated heterocycles. The van der Waals surface area contributed by atoms with Crippen LogP contribution in [0.5, 0.6) is 0 Å². The zero-order chi connectivity index (χ0) is 13.7. The predicted molar refractivity (Wildman–Crippen MR) is 80.5 cm³/mol. The van der Waals surface area contributed by atoms with Gasteiger partial charge >= 0.3 is 0 Å². The lowest BCUT2D eigenvalue weighted by atomic mass is 10.0. The molecule has 0 spiro atoms. The molecule has 112 valence electrons. The highest BCUT2D eigenvalue weighted by Crippen LogP contribution is 2.19. The van der Waals surface area contributed by atoms with E-state index in [2.05, 4.69) is 31.0 Å². The smallest absolute Gasteiger partial charge is 0.0576 e. The molecule has 3 atom stereocenters. The Morgan fingerprint density at radius 2 is 2.16 bits per heavy atom. The topological polar surface area (TPSA) is 24.5 Å². The third-order valence-corrected chi connectivity index (χ3v) is 4.82. The fraction of sp³-hybridized carbons (Fsp3) is 1.00. The molecule has 3 heteroatoms. The highest BCUT2D eigenvalue weighted by Gasteiger charge is 2.24. The Labute approximate surface area is 119 Å². The summed E-state index contributed by atoms with van der Waals surface area (Å²) in [7, 11) is 0. The van der Waals surface area contributed by atoms with E-state index in [-0.39, 0.29) is 0 Å². The van der Waals surface area contributed by atoms with Crippen LogP contribution in [0.2, 0.25) is 0 Å². The quantitative estimate of drug-likeness (QED) is 0.829. The van der Waals surface area contributed by atoms with E-state index in [9.17, 15) is 0 Å². The van der Waals surface area contributed by atoms with E-state index in [0.29, 0.717) is 12.1 Å². The van der Waals surface area contributed by atoms with Gasteiger partial charge in [0, 0.05) is 25.2 Å². The van der Waals surface area contributed by atoms with E-state index in [1.54, 1.807) is 0 Å². The zero-order valence-electron chi connectivity index (χ0n) is 13.0. The first kappa shape index (κ1) is 15.3. The molecule has 0 saturated carbocycles. The first-order chi connectivity index (χ1) is 9.16. The first-order valence-electron chi connectivity index (χ1n) is 8.26. The van der Waals surface area contributed by atoms with Gasteiger partial charge in [0.25, 0.3) is 0 Å². The van der Waals surface area contributed by atoms with E-state index in [4.69, 9.17) is 4.74 Å². The third kappa shape index (κ3) is 4.73. The lowest BCUT2D eigenvalue weighted by Crippen LogP contribution is -2.43. The molecule has 0 aromatic carbocycles. The molecule has 0 aliphatic carbocycles. The maximum absolute atomic E-state index is 5.72. The van der Waals surface area contributed by atoms with Gasteiger partial charge < -0.3 is 10.1 Å². The number of rotatable bonds is 5. The second-order valence-corrected chi connectivity index (χ2v) is 6.71. The lowest BCUT2D eigenvalue weighted by Gasteiger charge is -2.30. The second-order valence-electron chi connectivity index (χ2n) is 6.71. The minimum atomic E-state index is 0.557. The number of hydrogen-bond acceptors (Lipinski definition) is 3. The summed E-state index contributed by atoms with van der Waals surface area (Å²) in [5.41, 5.74) is 0. The molecule has 0 aromatic heterocycles. The Balaban J connectivity index is 1.75. The maximum Gasteiger partial charge on any atom is 0.0576 e. The molecule has 3 unspecified atom stereocenters. The van der Waals surface area contributed by atoms with Crippen LogP contribution in [-0.2, 0) is 4.74 Å². The average molecular weight is 268 g/mol. The Hall–Kier alpha value is -0.120. The number of nitrogens with one attached hydrogen (secondary N) is 1.